The van der Waals surface area contributed by atoms with Crippen LogP contribution in [-0.2, 0) is 0 Å². The molecule has 2 nitrogen and oxygen atoms in total. The van der Waals surface area contributed by atoms with Crippen molar-refractivity contribution in [3.05, 3.63) is 0 Å². The first-order chi connectivity index (χ1) is 12.5. The summed E-state index contributed by atoms with van der Waals surface area (Å²) in [5.74, 6) is 0. The molecule has 0 unspecified atom stereocenters. The van der Waals surface area contributed by atoms with Crippen LogP contribution in [0.2, 0.25) is 22.2 Å². The third kappa shape index (κ3) is 46.4. The van der Waals surface area contributed by atoms with E-state index in [4.69, 9.17) is 0 Å². The third-order valence-corrected chi connectivity index (χ3v) is 15.6. The molecule has 0 aromatic rings. The number of unbranched alkanes of at least 4 members (excludes halogenated alkanes) is 5. The predicted octanol–water partition coefficient (Wildman–Crippen LogP) is 7.24. The summed E-state index contributed by atoms with van der Waals surface area (Å²) in [6.07, 6.45) is 11.5. The molecule has 0 aliphatic carbocycles. The molecule has 0 atom stereocenters. The quantitative estimate of drug-likeness (QED) is 0.126. The number of hydrogen-bond donors (Lipinski definition) is 0. The van der Waals surface area contributed by atoms with E-state index in [9.17, 15) is 8.60 Å². The largest absolute Gasteiger partial charge is 0.412 e. The normalized spacial score (nSPS) is 9.64. The van der Waals surface area contributed by atoms with Crippen molar-refractivity contribution in [3.8, 4) is 0 Å². The zero-order valence-electron chi connectivity index (χ0n) is 19.2. The van der Waals surface area contributed by atoms with Gasteiger partial charge in [-0.25, -0.2) is 0 Å². The molecule has 0 aromatic heterocycles. The summed E-state index contributed by atoms with van der Waals surface area (Å²) >= 11 is -5.79. The molecule has 0 saturated heterocycles. The van der Waals surface area contributed by atoms with Gasteiger partial charge in [-0.15, -0.1) is 0 Å². The summed E-state index contributed by atoms with van der Waals surface area (Å²) in [5, 5.41) is 0. The molecule has 4 N–H and O–H groups in total. The van der Waals surface area contributed by atoms with E-state index in [0.29, 0.717) is 0 Å². The molecule has 0 aliphatic rings. The minimum Gasteiger partial charge on any atom is -0.412 e. The van der Waals surface area contributed by atoms with Crippen molar-refractivity contribution in [2.75, 3.05) is 0 Å². The molecule has 0 rings (SSSR count). The summed E-state index contributed by atoms with van der Waals surface area (Å²) in [5.41, 5.74) is 0. The van der Waals surface area contributed by atoms with Crippen molar-refractivity contribution in [2.45, 2.75) is 121 Å². The topological polar surface area (TPSA) is 63.0 Å². The molecule has 174 valence electrons. The van der Waals surface area contributed by atoms with Gasteiger partial charge in [-0.1, -0.05) is 0 Å². The van der Waals surface area contributed by atoms with Gasteiger partial charge in [0.2, 0.25) is 0 Å². The van der Waals surface area contributed by atoms with Crippen LogP contribution < -0.4 is 0 Å². The molecule has 28 heavy (non-hydrogen) atoms. The van der Waals surface area contributed by atoms with Gasteiger partial charge < -0.3 is 11.0 Å². The minimum absolute atomic E-state index is 0. The molecular formula is C20H49F3O2Sn3. The maximum absolute atomic E-state index is 13.0. The van der Waals surface area contributed by atoms with Crippen molar-refractivity contribution >= 4 is 62.4 Å². The van der Waals surface area contributed by atoms with Gasteiger partial charge in [-0.05, 0) is 0 Å². The van der Waals surface area contributed by atoms with E-state index in [-0.39, 0.29) is 11.0 Å². The van der Waals surface area contributed by atoms with Crippen LogP contribution in [0.5, 0.6) is 0 Å². The Balaban J connectivity index is -0.0000000941. The zero-order chi connectivity index (χ0) is 20.5. The monoisotopic (exact) mass is 738 g/mol. The number of hydrogen-bond acceptors (Lipinski definition) is 0. The zero-order valence-corrected chi connectivity index (χ0v) is 27.8. The first-order valence-corrected chi connectivity index (χ1v) is 24.2. The fourth-order valence-electron chi connectivity index (χ4n) is 1.97. The number of rotatable bonds is 15. The smallest absolute Gasteiger partial charge is 0.412 e. The molecule has 0 fully saturated rings. The predicted molar refractivity (Wildman–Crippen MR) is 126 cm³/mol. The average Bonchev–Trinajstić information content (AvgIpc) is 2.66. The third-order valence-electron chi connectivity index (χ3n) is 3.83. The fourth-order valence-corrected chi connectivity index (χ4v) is 13.2. The van der Waals surface area contributed by atoms with Gasteiger partial charge in [-0.3, -0.25) is 0 Å². The Morgan fingerprint density at radius 1 is 0.536 bits per heavy atom. The summed E-state index contributed by atoms with van der Waals surface area (Å²) in [4.78, 5) is 0. The first-order valence-electron chi connectivity index (χ1n) is 10.9. The van der Waals surface area contributed by atoms with Gasteiger partial charge in [0.1, 0.15) is 0 Å². The van der Waals surface area contributed by atoms with Crippen molar-refractivity contribution < 1.29 is 19.6 Å². The van der Waals surface area contributed by atoms with Crippen LogP contribution in [0.25, 0.3) is 0 Å². The maximum atomic E-state index is 13.0. The van der Waals surface area contributed by atoms with E-state index in [2.05, 4.69) is 34.6 Å². The second-order valence-electron chi connectivity index (χ2n) is 6.69. The molecule has 0 spiro atoms. The van der Waals surface area contributed by atoms with Crippen LogP contribution in [0, 0.1) is 0 Å². The second-order valence-corrected chi connectivity index (χ2v) is 20.5. The summed E-state index contributed by atoms with van der Waals surface area (Å²) in [6, 6.07) is 0. The van der Waals surface area contributed by atoms with Gasteiger partial charge in [0.15, 0.2) is 0 Å². The van der Waals surface area contributed by atoms with E-state index in [1.807, 2.05) is 0 Å². The Kier molecular flexibility index (Phi) is 57.2. The van der Waals surface area contributed by atoms with Crippen LogP contribution in [0.15, 0.2) is 0 Å². The van der Waals surface area contributed by atoms with E-state index < -0.39 is 62.4 Å². The van der Waals surface area contributed by atoms with Gasteiger partial charge in [0, 0.05) is 0 Å². The SMILES string of the molecule is CCC[CH2][Sn]([F])[CH2]CCC.CCC[CH2][Sn]([F])[CH2]CCC.CCC[CH2][Sn][F].O.O. The van der Waals surface area contributed by atoms with Crippen molar-refractivity contribution in [1.29, 1.82) is 0 Å². The van der Waals surface area contributed by atoms with Gasteiger partial charge >= 0.3 is 192 Å². The van der Waals surface area contributed by atoms with Gasteiger partial charge in [0.05, 0.1) is 0 Å². The standard InChI is InChI=1S/5C4H9.3FH.2H2O.3Sn/c5*1-3-4-2;;;;;;;;/h5*1,3-4H2,2H3;3*1H;2*1H2;;;/q;;;;;;;;;;3*+1/p-3. The molecule has 0 saturated carbocycles. The molecular weight excluding hydrogens is 685 g/mol. The van der Waals surface area contributed by atoms with E-state index >= 15 is 0 Å². The minimum atomic E-state index is -2.24. The van der Waals surface area contributed by atoms with Crippen LogP contribution >= 0.6 is 0 Å². The molecule has 8 heteroatoms. The molecule has 0 aromatic carbocycles. The molecule has 0 aliphatic heterocycles. The second kappa shape index (κ2) is 39.6. The molecule has 0 heterocycles. The van der Waals surface area contributed by atoms with Crippen molar-refractivity contribution in [1.82, 2.24) is 0 Å². The Morgan fingerprint density at radius 3 is 0.929 bits per heavy atom. The van der Waals surface area contributed by atoms with Gasteiger partial charge in [-0.2, -0.15) is 0 Å². The molecule has 0 amide bonds. The van der Waals surface area contributed by atoms with Crippen LogP contribution in [0.1, 0.15) is 98.8 Å². The Morgan fingerprint density at radius 2 is 0.786 bits per heavy atom. The average molecular weight is 735 g/mol. The Bertz CT molecular complexity index is 195. The van der Waals surface area contributed by atoms with E-state index in [1.165, 1.54) is 25.7 Å². The first kappa shape index (κ1) is 40.5. The van der Waals surface area contributed by atoms with Crippen LogP contribution in [0.4, 0.5) is 8.60 Å². The Hall–Kier alpha value is 2.11. The fraction of sp³-hybridized carbons (Fsp3) is 1.00. The summed E-state index contributed by atoms with van der Waals surface area (Å²) < 4.78 is 42.1. The van der Waals surface area contributed by atoms with Gasteiger partial charge in [0.25, 0.3) is 0 Å². The summed E-state index contributed by atoms with van der Waals surface area (Å²) in [6.45, 7) is 10.6. The van der Waals surface area contributed by atoms with Crippen molar-refractivity contribution in [2.24, 2.45) is 0 Å². The summed E-state index contributed by atoms with van der Waals surface area (Å²) in [7, 11) is 0. The maximum Gasteiger partial charge on any atom is -0.412 e. The molecule has 0 bridgehead atoms. The molecule has 4 radical (unpaired) electrons. The van der Waals surface area contributed by atoms with E-state index in [1.54, 1.807) is 0 Å². The van der Waals surface area contributed by atoms with Crippen LogP contribution in [0.3, 0.4) is 0 Å². The van der Waals surface area contributed by atoms with E-state index in [0.717, 1.165) is 60.7 Å². The number of halogens is 3. The van der Waals surface area contributed by atoms with Crippen LogP contribution in [-0.4, -0.2) is 73.3 Å². The Labute approximate surface area is 201 Å². The van der Waals surface area contributed by atoms with Crippen molar-refractivity contribution in [3.63, 3.8) is 0 Å².